The van der Waals surface area contributed by atoms with Gasteiger partial charge >= 0.3 is 0 Å². The summed E-state index contributed by atoms with van der Waals surface area (Å²) in [5, 5.41) is 3.27. The van der Waals surface area contributed by atoms with Crippen LogP contribution in [0.4, 0.5) is 0 Å². The summed E-state index contributed by atoms with van der Waals surface area (Å²) in [6.45, 7) is 2.21. The molecule has 4 rings (SSSR count). The third-order valence-electron chi connectivity index (χ3n) is 5.55. The number of nitrogens with one attached hydrogen (secondary N) is 1. The van der Waals surface area contributed by atoms with Crippen molar-refractivity contribution in [1.29, 1.82) is 0 Å². The van der Waals surface area contributed by atoms with Crippen LogP contribution >= 0.6 is 11.8 Å². The van der Waals surface area contributed by atoms with Crippen LogP contribution in [0.25, 0.3) is 6.08 Å². The highest BCUT2D eigenvalue weighted by atomic mass is 32.2. The lowest BCUT2D eigenvalue weighted by molar-refractivity contribution is -0.113. The van der Waals surface area contributed by atoms with Crippen molar-refractivity contribution in [1.82, 2.24) is 5.32 Å². The monoisotopic (exact) mass is 392 g/mol. The van der Waals surface area contributed by atoms with E-state index in [1.165, 1.54) is 31.0 Å². The van der Waals surface area contributed by atoms with E-state index >= 15 is 0 Å². The Kier molecular flexibility index (Phi) is 5.62. The SMILES string of the molecule is CC1CCCCC1NC(=O)c1ccc(/C=C2/SC3C=CC=CC3=NC2=O)cc1. The Morgan fingerprint density at radius 3 is 2.75 bits per heavy atom. The van der Waals surface area contributed by atoms with Crippen LogP contribution in [0, 0.1) is 5.92 Å². The minimum atomic E-state index is -0.204. The predicted octanol–water partition coefficient (Wildman–Crippen LogP) is 4.55. The molecule has 1 fully saturated rings. The Labute approximate surface area is 169 Å². The maximum absolute atomic E-state index is 12.6. The molecule has 2 aliphatic carbocycles. The number of benzene rings is 1. The number of carbonyl (C=O) groups is 2. The van der Waals surface area contributed by atoms with Gasteiger partial charge in [-0.1, -0.05) is 50.1 Å². The molecule has 144 valence electrons. The van der Waals surface area contributed by atoms with Gasteiger partial charge in [0, 0.05) is 11.6 Å². The lowest BCUT2D eigenvalue weighted by Gasteiger charge is -2.29. The van der Waals surface area contributed by atoms with E-state index in [9.17, 15) is 9.59 Å². The molecule has 3 aliphatic rings. The number of thioether (sulfide) groups is 1. The van der Waals surface area contributed by atoms with Crippen LogP contribution < -0.4 is 5.32 Å². The molecule has 0 radical (unpaired) electrons. The molecule has 1 aromatic rings. The average Bonchev–Trinajstić information content (AvgIpc) is 2.71. The molecule has 4 nitrogen and oxygen atoms in total. The van der Waals surface area contributed by atoms with Crippen LogP contribution in [-0.2, 0) is 4.79 Å². The highest BCUT2D eigenvalue weighted by Crippen LogP contribution is 2.33. The first kappa shape index (κ1) is 18.9. The van der Waals surface area contributed by atoms with Crippen LogP contribution in [0.5, 0.6) is 0 Å². The molecule has 0 spiro atoms. The van der Waals surface area contributed by atoms with Crippen molar-refractivity contribution >= 4 is 35.4 Å². The Morgan fingerprint density at radius 2 is 1.96 bits per heavy atom. The van der Waals surface area contributed by atoms with Crippen molar-refractivity contribution < 1.29 is 9.59 Å². The van der Waals surface area contributed by atoms with Crippen molar-refractivity contribution in [2.75, 3.05) is 0 Å². The van der Waals surface area contributed by atoms with Crippen LogP contribution in [0.2, 0.25) is 0 Å². The number of fused-ring (bicyclic) bond motifs is 1. The zero-order valence-corrected chi connectivity index (χ0v) is 16.7. The molecule has 28 heavy (non-hydrogen) atoms. The molecule has 1 saturated carbocycles. The summed E-state index contributed by atoms with van der Waals surface area (Å²) in [7, 11) is 0. The molecule has 3 atom stereocenters. The summed E-state index contributed by atoms with van der Waals surface area (Å²) in [6, 6.07) is 7.69. The second-order valence-electron chi connectivity index (χ2n) is 7.60. The Morgan fingerprint density at radius 1 is 1.18 bits per heavy atom. The number of hydrogen-bond donors (Lipinski definition) is 1. The van der Waals surface area contributed by atoms with Crippen LogP contribution in [-0.4, -0.2) is 28.8 Å². The molecular weight excluding hydrogens is 368 g/mol. The fourth-order valence-electron chi connectivity index (χ4n) is 3.83. The van der Waals surface area contributed by atoms with Crippen LogP contribution in [0.3, 0.4) is 0 Å². The summed E-state index contributed by atoms with van der Waals surface area (Å²) >= 11 is 1.52. The first-order chi connectivity index (χ1) is 13.6. The molecule has 0 aromatic heterocycles. The van der Waals surface area contributed by atoms with Crippen LogP contribution in [0.1, 0.15) is 48.5 Å². The van der Waals surface area contributed by atoms with E-state index < -0.39 is 0 Å². The Bertz CT molecular complexity index is 896. The lowest BCUT2D eigenvalue weighted by Crippen LogP contribution is -2.41. The molecular formula is C23H24N2O2S. The summed E-state index contributed by atoms with van der Waals surface area (Å²) in [5.74, 6) is 0.309. The molecule has 1 heterocycles. The van der Waals surface area contributed by atoms with Gasteiger partial charge in [-0.2, -0.15) is 0 Å². The molecule has 3 unspecified atom stereocenters. The standard InChI is InChI=1S/C23H24N2O2S/c1-15-6-2-3-7-18(15)24-22(26)17-12-10-16(11-13-17)14-21-23(27)25-19-8-4-5-9-20(19)28-21/h4-5,8-15,18,20H,2-3,6-7H2,1H3,(H,24,26)/b21-14+. The average molecular weight is 393 g/mol. The highest BCUT2D eigenvalue weighted by Gasteiger charge is 2.26. The van der Waals surface area contributed by atoms with E-state index in [2.05, 4.69) is 17.2 Å². The number of aliphatic imine (C=N–C) groups is 1. The zero-order valence-electron chi connectivity index (χ0n) is 15.9. The van der Waals surface area contributed by atoms with Gasteiger partial charge in [-0.3, -0.25) is 9.59 Å². The quantitative estimate of drug-likeness (QED) is 0.768. The van der Waals surface area contributed by atoms with E-state index in [0.717, 1.165) is 17.7 Å². The van der Waals surface area contributed by atoms with Gasteiger partial charge in [-0.15, -0.1) is 11.8 Å². The second-order valence-corrected chi connectivity index (χ2v) is 8.78. The van der Waals surface area contributed by atoms with Gasteiger partial charge in [0.15, 0.2) is 0 Å². The van der Waals surface area contributed by atoms with E-state index in [-0.39, 0.29) is 23.1 Å². The minimum absolute atomic E-state index is 0.0190. The van der Waals surface area contributed by atoms with E-state index in [1.807, 2.05) is 54.6 Å². The molecule has 1 aromatic carbocycles. The van der Waals surface area contributed by atoms with Gasteiger partial charge in [0.25, 0.3) is 11.8 Å². The van der Waals surface area contributed by atoms with E-state index in [0.29, 0.717) is 16.4 Å². The molecule has 2 amide bonds. The fourth-order valence-corrected chi connectivity index (χ4v) is 4.88. The van der Waals surface area contributed by atoms with Crippen molar-refractivity contribution in [3.63, 3.8) is 0 Å². The van der Waals surface area contributed by atoms with Crippen molar-refractivity contribution in [2.45, 2.75) is 43.9 Å². The number of carbonyl (C=O) groups excluding carboxylic acids is 2. The number of nitrogens with zero attached hydrogens (tertiary/aromatic N) is 1. The van der Waals surface area contributed by atoms with Gasteiger partial charge < -0.3 is 5.32 Å². The molecule has 5 heteroatoms. The summed E-state index contributed by atoms with van der Waals surface area (Å²) < 4.78 is 0. The minimum Gasteiger partial charge on any atom is -0.349 e. The maximum Gasteiger partial charge on any atom is 0.283 e. The molecule has 1 aliphatic heterocycles. The largest absolute Gasteiger partial charge is 0.349 e. The summed E-state index contributed by atoms with van der Waals surface area (Å²) in [5.41, 5.74) is 2.36. The predicted molar refractivity (Wildman–Crippen MR) is 115 cm³/mol. The summed E-state index contributed by atoms with van der Waals surface area (Å²) in [4.78, 5) is 29.6. The number of amides is 2. The van der Waals surface area contributed by atoms with E-state index in [1.54, 1.807) is 0 Å². The summed E-state index contributed by atoms with van der Waals surface area (Å²) in [6.07, 6.45) is 14.3. The number of hydrogen-bond acceptors (Lipinski definition) is 3. The van der Waals surface area contributed by atoms with Gasteiger partial charge in [-0.25, -0.2) is 4.99 Å². The smallest absolute Gasteiger partial charge is 0.283 e. The van der Waals surface area contributed by atoms with Crippen molar-refractivity contribution in [3.05, 3.63) is 64.6 Å². The first-order valence-electron chi connectivity index (χ1n) is 9.87. The maximum atomic E-state index is 12.6. The first-order valence-corrected chi connectivity index (χ1v) is 10.8. The molecule has 1 N–H and O–H groups in total. The van der Waals surface area contributed by atoms with Gasteiger partial charge in [0.1, 0.15) is 0 Å². The Balaban J connectivity index is 1.44. The van der Waals surface area contributed by atoms with E-state index in [4.69, 9.17) is 0 Å². The number of rotatable bonds is 3. The number of allylic oxidation sites excluding steroid dienone is 3. The highest BCUT2D eigenvalue weighted by molar-refractivity contribution is 8.05. The lowest BCUT2D eigenvalue weighted by atomic mass is 9.86. The zero-order chi connectivity index (χ0) is 19.5. The normalized spacial score (nSPS) is 28.0. The molecule has 0 saturated heterocycles. The van der Waals surface area contributed by atoms with Crippen molar-refractivity contribution in [3.8, 4) is 0 Å². The third kappa shape index (κ3) is 4.20. The van der Waals surface area contributed by atoms with Crippen LogP contribution in [0.15, 0.2) is 58.5 Å². The van der Waals surface area contributed by atoms with Gasteiger partial charge in [0.2, 0.25) is 0 Å². The molecule has 0 bridgehead atoms. The van der Waals surface area contributed by atoms with Gasteiger partial charge in [-0.05, 0) is 48.6 Å². The topological polar surface area (TPSA) is 58.5 Å². The van der Waals surface area contributed by atoms with Crippen molar-refractivity contribution in [2.24, 2.45) is 10.9 Å². The van der Waals surface area contributed by atoms with Gasteiger partial charge in [0.05, 0.1) is 15.9 Å². The third-order valence-corrected chi connectivity index (χ3v) is 6.75. The Hall–Kier alpha value is -2.40. The second kappa shape index (κ2) is 8.31. The fraction of sp³-hybridized carbons (Fsp3) is 0.348.